The van der Waals surface area contributed by atoms with Crippen LogP contribution in [0.15, 0.2) is 66.7 Å². The fraction of sp³-hybridized carbons (Fsp3) is 0.333. The summed E-state index contributed by atoms with van der Waals surface area (Å²) in [4.78, 5) is 28.6. The summed E-state index contributed by atoms with van der Waals surface area (Å²) in [6.07, 6.45) is 2.85. The Labute approximate surface area is 211 Å². The van der Waals surface area contributed by atoms with E-state index in [1.807, 2.05) is 53.4 Å². The monoisotopic (exact) mass is 485 g/mol. The standard InChI is InChI=1S/C30H32FN3O2/c1-21(35)34-17-14-26-18-25(10-11-29(26)34)23-6-8-24(9-7-23)30(36)32-19-22-12-15-33(16-13-22)20-27-4-2-3-5-28(27)31/h2-11,18,22H,12-17,19-20H2,1H3,(H,32,36). The van der Waals surface area contributed by atoms with Crippen LogP contribution in [0.4, 0.5) is 10.1 Å². The lowest BCUT2D eigenvalue weighted by atomic mass is 9.96. The van der Waals surface area contributed by atoms with E-state index in [9.17, 15) is 14.0 Å². The molecule has 6 heteroatoms. The van der Waals surface area contributed by atoms with Gasteiger partial charge in [-0.25, -0.2) is 4.39 Å². The molecule has 2 aliphatic heterocycles. The Bertz CT molecular complexity index is 1250. The van der Waals surface area contributed by atoms with Gasteiger partial charge in [-0.15, -0.1) is 0 Å². The number of likely N-dealkylation sites (tertiary alicyclic amines) is 1. The summed E-state index contributed by atoms with van der Waals surface area (Å²) in [5.74, 6) is 0.311. The molecule has 0 saturated carbocycles. The first-order valence-corrected chi connectivity index (χ1v) is 12.7. The van der Waals surface area contributed by atoms with Crippen LogP contribution < -0.4 is 10.2 Å². The molecule has 186 valence electrons. The Morgan fingerprint density at radius 2 is 1.67 bits per heavy atom. The average Bonchev–Trinajstić information content (AvgIpc) is 3.33. The van der Waals surface area contributed by atoms with Gasteiger partial charge >= 0.3 is 0 Å². The first-order valence-electron chi connectivity index (χ1n) is 12.7. The van der Waals surface area contributed by atoms with Crippen molar-refractivity contribution in [1.82, 2.24) is 10.2 Å². The normalized spacial score (nSPS) is 16.1. The van der Waals surface area contributed by atoms with Gasteiger partial charge in [0.05, 0.1) is 0 Å². The molecule has 0 radical (unpaired) electrons. The van der Waals surface area contributed by atoms with Gasteiger partial charge in [-0.05, 0) is 85.3 Å². The van der Waals surface area contributed by atoms with E-state index in [1.165, 1.54) is 11.6 Å². The molecular formula is C30H32FN3O2. The zero-order valence-corrected chi connectivity index (χ0v) is 20.7. The Morgan fingerprint density at radius 1 is 0.944 bits per heavy atom. The SMILES string of the molecule is CC(=O)N1CCc2cc(-c3ccc(C(=O)NCC4CCN(Cc5ccccc5F)CC4)cc3)ccc21. The van der Waals surface area contributed by atoms with Crippen molar-refractivity contribution >= 4 is 17.5 Å². The van der Waals surface area contributed by atoms with E-state index in [1.54, 1.807) is 13.0 Å². The number of hydrogen-bond acceptors (Lipinski definition) is 3. The van der Waals surface area contributed by atoms with Gasteiger partial charge in [-0.3, -0.25) is 14.5 Å². The van der Waals surface area contributed by atoms with Crippen molar-refractivity contribution in [1.29, 1.82) is 0 Å². The predicted octanol–water partition coefficient (Wildman–Crippen LogP) is 5.04. The smallest absolute Gasteiger partial charge is 0.251 e. The molecule has 36 heavy (non-hydrogen) atoms. The first-order chi connectivity index (χ1) is 17.5. The second-order valence-electron chi connectivity index (χ2n) is 9.86. The van der Waals surface area contributed by atoms with E-state index < -0.39 is 0 Å². The number of rotatable bonds is 6. The minimum atomic E-state index is -0.145. The summed E-state index contributed by atoms with van der Waals surface area (Å²) in [6, 6.07) is 20.9. The molecule has 3 aromatic carbocycles. The van der Waals surface area contributed by atoms with Crippen LogP contribution in [0.25, 0.3) is 11.1 Å². The highest BCUT2D eigenvalue weighted by atomic mass is 19.1. The second kappa shape index (κ2) is 10.6. The van der Waals surface area contributed by atoms with Crippen molar-refractivity contribution in [3.63, 3.8) is 0 Å². The molecule has 1 fully saturated rings. The van der Waals surface area contributed by atoms with Gasteiger partial charge in [-0.1, -0.05) is 36.4 Å². The number of nitrogens with one attached hydrogen (secondary N) is 1. The molecule has 0 unspecified atom stereocenters. The molecule has 3 aromatic rings. The van der Waals surface area contributed by atoms with Crippen LogP contribution in [-0.4, -0.2) is 42.9 Å². The number of halogens is 1. The van der Waals surface area contributed by atoms with Crippen molar-refractivity contribution in [2.75, 3.05) is 31.1 Å². The van der Waals surface area contributed by atoms with Crippen LogP contribution >= 0.6 is 0 Å². The molecule has 5 nitrogen and oxygen atoms in total. The van der Waals surface area contributed by atoms with Crippen LogP contribution in [0.1, 0.15) is 41.3 Å². The van der Waals surface area contributed by atoms with Crippen LogP contribution in [-0.2, 0) is 17.8 Å². The summed E-state index contributed by atoms with van der Waals surface area (Å²) < 4.78 is 13.9. The van der Waals surface area contributed by atoms with Gasteiger partial charge < -0.3 is 10.2 Å². The molecule has 5 rings (SSSR count). The van der Waals surface area contributed by atoms with Crippen molar-refractivity contribution in [2.45, 2.75) is 32.7 Å². The highest BCUT2D eigenvalue weighted by molar-refractivity contribution is 5.95. The highest BCUT2D eigenvalue weighted by Crippen LogP contribution is 2.32. The lowest BCUT2D eigenvalue weighted by Gasteiger charge is -2.32. The summed E-state index contributed by atoms with van der Waals surface area (Å²) in [5.41, 5.74) is 5.72. The Balaban J connectivity index is 1.11. The molecule has 0 bridgehead atoms. The fourth-order valence-corrected chi connectivity index (χ4v) is 5.28. The third-order valence-corrected chi connectivity index (χ3v) is 7.45. The predicted molar refractivity (Wildman–Crippen MR) is 140 cm³/mol. The Kier molecular flexibility index (Phi) is 7.14. The topological polar surface area (TPSA) is 52.7 Å². The third kappa shape index (κ3) is 5.34. The molecule has 2 heterocycles. The number of benzene rings is 3. The van der Waals surface area contributed by atoms with Gasteiger partial charge in [0.15, 0.2) is 0 Å². The maximum Gasteiger partial charge on any atom is 0.251 e. The third-order valence-electron chi connectivity index (χ3n) is 7.45. The number of fused-ring (bicyclic) bond motifs is 1. The molecular weight excluding hydrogens is 453 g/mol. The van der Waals surface area contributed by atoms with Gasteiger partial charge in [0, 0.05) is 43.4 Å². The molecule has 1 N–H and O–H groups in total. The van der Waals surface area contributed by atoms with Gasteiger partial charge in [-0.2, -0.15) is 0 Å². The number of amides is 2. The molecule has 2 amide bonds. The van der Waals surface area contributed by atoms with Crippen LogP contribution in [0.3, 0.4) is 0 Å². The van der Waals surface area contributed by atoms with E-state index in [4.69, 9.17) is 0 Å². The molecule has 0 atom stereocenters. The summed E-state index contributed by atoms with van der Waals surface area (Å²) in [6.45, 7) is 5.45. The Hall–Kier alpha value is -3.51. The number of carbonyl (C=O) groups excluding carboxylic acids is 2. The fourth-order valence-electron chi connectivity index (χ4n) is 5.28. The number of nitrogens with zero attached hydrogens (tertiary/aromatic N) is 2. The van der Waals surface area contributed by atoms with Crippen molar-refractivity contribution in [3.8, 4) is 11.1 Å². The van der Waals surface area contributed by atoms with Crippen molar-refractivity contribution in [3.05, 3.63) is 89.2 Å². The zero-order chi connectivity index (χ0) is 25.1. The average molecular weight is 486 g/mol. The molecule has 0 spiro atoms. The Morgan fingerprint density at radius 3 is 2.39 bits per heavy atom. The van der Waals surface area contributed by atoms with E-state index in [0.29, 0.717) is 24.6 Å². The number of anilines is 1. The van der Waals surface area contributed by atoms with E-state index in [0.717, 1.165) is 61.3 Å². The van der Waals surface area contributed by atoms with Gasteiger partial charge in [0.25, 0.3) is 5.91 Å². The zero-order valence-electron chi connectivity index (χ0n) is 20.7. The van der Waals surface area contributed by atoms with Crippen molar-refractivity contribution in [2.24, 2.45) is 5.92 Å². The molecule has 2 aliphatic rings. The maximum absolute atomic E-state index is 13.9. The lowest BCUT2D eigenvalue weighted by Crippen LogP contribution is -2.38. The molecule has 0 aromatic heterocycles. The largest absolute Gasteiger partial charge is 0.352 e. The van der Waals surface area contributed by atoms with Crippen LogP contribution in [0.5, 0.6) is 0 Å². The van der Waals surface area contributed by atoms with Crippen molar-refractivity contribution < 1.29 is 14.0 Å². The minimum absolute atomic E-state index is 0.0543. The maximum atomic E-state index is 13.9. The first kappa shape index (κ1) is 24.2. The number of piperidine rings is 1. The quantitative estimate of drug-likeness (QED) is 0.532. The van der Waals surface area contributed by atoms with E-state index in [-0.39, 0.29) is 17.6 Å². The lowest BCUT2D eigenvalue weighted by molar-refractivity contribution is -0.116. The molecule has 0 aliphatic carbocycles. The van der Waals surface area contributed by atoms with Crippen LogP contribution in [0, 0.1) is 11.7 Å². The number of hydrogen-bond donors (Lipinski definition) is 1. The highest BCUT2D eigenvalue weighted by Gasteiger charge is 2.23. The van der Waals surface area contributed by atoms with Gasteiger partial charge in [0.2, 0.25) is 5.91 Å². The minimum Gasteiger partial charge on any atom is -0.352 e. The van der Waals surface area contributed by atoms with E-state index in [2.05, 4.69) is 16.3 Å². The molecule has 1 saturated heterocycles. The van der Waals surface area contributed by atoms with Crippen LogP contribution in [0.2, 0.25) is 0 Å². The summed E-state index contributed by atoms with van der Waals surface area (Å²) in [5, 5.41) is 3.10. The second-order valence-corrected chi connectivity index (χ2v) is 9.86. The van der Waals surface area contributed by atoms with E-state index >= 15 is 0 Å². The van der Waals surface area contributed by atoms with Gasteiger partial charge in [0.1, 0.15) is 5.82 Å². The number of carbonyl (C=O) groups is 2. The summed E-state index contributed by atoms with van der Waals surface area (Å²) in [7, 11) is 0. The summed E-state index contributed by atoms with van der Waals surface area (Å²) >= 11 is 0.